The smallest absolute Gasteiger partial charge is 0.0212 e. The standard InChI is InChI=1S/C48H14/c1-3-18-20-9-14-7-11-5-13-6-12-8-15-10-21-19-4-2-17-16(1)27-29(18)38-31(20)35-24(14)22(11)33-26(13)34-23(12)25(15)36-32(21)39-30(19)28(17)37(27)44-45(38)47-42(35)40(33)41(34)43(36)48(47)46(39)44/h1-6,9-10,13,26H,7-8H2. The van der Waals surface area contributed by atoms with Gasteiger partial charge in [0.1, 0.15) is 0 Å². The Labute approximate surface area is 267 Å². The lowest BCUT2D eigenvalue weighted by Crippen LogP contribution is -2.19. The fourth-order valence-electron chi connectivity index (χ4n) is 15.4. The molecule has 48 heavy (non-hydrogen) atoms. The molecule has 0 aliphatic heterocycles. The molecule has 206 valence electrons. The normalized spacial score (nSPS) is 21.4. The third kappa shape index (κ3) is 1.24. The van der Waals surface area contributed by atoms with Gasteiger partial charge in [0.15, 0.2) is 0 Å². The molecule has 0 N–H and O–H groups in total. The molecule has 5 aliphatic rings. The van der Waals surface area contributed by atoms with Crippen molar-refractivity contribution in [2.45, 2.75) is 18.8 Å². The van der Waals surface area contributed by atoms with Crippen molar-refractivity contribution in [3.8, 4) is 0 Å². The highest BCUT2D eigenvalue weighted by Gasteiger charge is 2.49. The van der Waals surface area contributed by atoms with Crippen molar-refractivity contribution < 1.29 is 0 Å². The molecule has 0 radical (unpaired) electrons. The Bertz CT molecular complexity index is 4000. The lowest BCUT2D eigenvalue weighted by molar-refractivity contribution is 0.682. The highest BCUT2D eigenvalue weighted by atomic mass is 14.5. The second-order valence-corrected chi connectivity index (χ2v) is 17.1. The minimum atomic E-state index is 0.472. The van der Waals surface area contributed by atoms with Crippen LogP contribution in [0.1, 0.15) is 39.3 Å². The zero-order valence-electron chi connectivity index (χ0n) is 25.2. The van der Waals surface area contributed by atoms with E-state index in [0.717, 1.165) is 12.8 Å². The van der Waals surface area contributed by atoms with Crippen LogP contribution in [0.5, 0.6) is 0 Å². The third-order valence-electron chi connectivity index (χ3n) is 16.1. The summed E-state index contributed by atoms with van der Waals surface area (Å²) in [5.74, 6) is 0.946. The van der Waals surface area contributed by atoms with E-state index < -0.39 is 0 Å². The van der Waals surface area contributed by atoms with Gasteiger partial charge < -0.3 is 0 Å². The minimum absolute atomic E-state index is 0.472. The van der Waals surface area contributed by atoms with Crippen molar-refractivity contribution in [3.63, 3.8) is 0 Å². The maximum atomic E-state index is 2.74. The van der Waals surface area contributed by atoms with Crippen molar-refractivity contribution in [2.24, 2.45) is 5.92 Å². The van der Waals surface area contributed by atoms with Gasteiger partial charge in [-0.2, -0.15) is 0 Å². The van der Waals surface area contributed by atoms with Gasteiger partial charge in [-0.25, -0.2) is 0 Å². The molecule has 0 saturated heterocycles. The summed E-state index contributed by atoms with van der Waals surface area (Å²) in [6.07, 6.45) is 7.67. The Balaban J connectivity index is 1.39. The molecular weight excluding hydrogens is 577 g/mol. The van der Waals surface area contributed by atoms with Crippen LogP contribution in [-0.4, -0.2) is 0 Å². The van der Waals surface area contributed by atoms with Crippen LogP contribution in [-0.2, 0) is 12.8 Å². The topological polar surface area (TPSA) is 0 Å². The molecule has 0 bridgehead atoms. The van der Waals surface area contributed by atoms with E-state index in [-0.39, 0.29) is 0 Å². The van der Waals surface area contributed by atoms with Gasteiger partial charge >= 0.3 is 0 Å². The van der Waals surface area contributed by atoms with Gasteiger partial charge in [0.2, 0.25) is 0 Å². The Morgan fingerprint density at radius 1 is 0.333 bits per heavy atom. The van der Waals surface area contributed by atoms with Gasteiger partial charge in [-0.1, -0.05) is 36.4 Å². The number of allylic oxidation sites excluding steroid dienone is 4. The van der Waals surface area contributed by atoms with E-state index >= 15 is 0 Å². The first kappa shape index (κ1) is 19.2. The summed E-state index contributed by atoms with van der Waals surface area (Å²) < 4.78 is 0. The van der Waals surface area contributed by atoms with Crippen LogP contribution in [0, 0.1) is 5.92 Å². The quantitative estimate of drug-likeness (QED) is 0.122. The van der Waals surface area contributed by atoms with Crippen molar-refractivity contribution >= 4 is 162 Å². The summed E-state index contributed by atoms with van der Waals surface area (Å²) >= 11 is 0. The molecule has 0 heterocycles. The fourth-order valence-corrected chi connectivity index (χ4v) is 15.4. The molecule has 0 fully saturated rings. The van der Waals surface area contributed by atoms with Crippen LogP contribution >= 0.6 is 0 Å². The third-order valence-corrected chi connectivity index (χ3v) is 16.1. The Kier molecular flexibility index (Phi) is 1.91. The Morgan fingerprint density at radius 3 is 1.10 bits per heavy atom. The summed E-state index contributed by atoms with van der Waals surface area (Å²) in [7, 11) is 0. The first-order valence-electron chi connectivity index (χ1n) is 18.0. The molecule has 0 amide bonds. The first-order chi connectivity index (χ1) is 23.9. The SMILES string of the molecule is C1=C2Cc3cc4c5ccc6c7ccc8c9cc%10c%11c%12c%13c%14c%15c(c2c3c2c4c3c5c6c4c7c8c5c9c%11c%14c6c(c%152)c3c4c56)C%13C1C=C%12C%10. The molecule has 15 aromatic carbocycles. The second kappa shape index (κ2) is 4.79. The van der Waals surface area contributed by atoms with Crippen molar-refractivity contribution in [3.05, 3.63) is 81.9 Å². The van der Waals surface area contributed by atoms with Crippen LogP contribution in [0.15, 0.2) is 48.6 Å². The van der Waals surface area contributed by atoms with E-state index in [9.17, 15) is 0 Å². The molecule has 15 aromatic rings. The van der Waals surface area contributed by atoms with Crippen molar-refractivity contribution in [2.75, 3.05) is 0 Å². The van der Waals surface area contributed by atoms with Crippen LogP contribution < -0.4 is 0 Å². The summed E-state index contributed by atoms with van der Waals surface area (Å²) in [5, 5.41) is 44.5. The average molecular weight is 591 g/mol. The average Bonchev–Trinajstić information content (AvgIpc) is 3.95. The van der Waals surface area contributed by atoms with Gasteiger partial charge in [0.25, 0.3) is 0 Å². The predicted octanol–water partition coefficient (Wildman–Crippen LogP) is 12.6. The van der Waals surface area contributed by atoms with Crippen LogP contribution in [0.4, 0.5) is 0 Å². The number of hydrogen-bond acceptors (Lipinski definition) is 0. The number of hydrogen-bond donors (Lipinski definition) is 0. The number of benzene rings is 11. The molecule has 0 spiro atoms. The van der Waals surface area contributed by atoms with Gasteiger partial charge in [-0.15, -0.1) is 0 Å². The van der Waals surface area contributed by atoms with Gasteiger partial charge in [0, 0.05) is 11.8 Å². The lowest BCUT2D eigenvalue weighted by atomic mass is 9.70. The van der Waals surface area contributed by atoms with E-state index in [2.05, 4.69) is 48.6 Å². The highest BCUT2D eigenvalue weighted by Crippen LogP contribution is 2.72. The molecular formula is C48H14. The molecule has 0 nitrogen and oxygen atoms in total. The maximum Gasteiger partial charge on any atom is 0.0212 e. The van der Waals surface area contributed by atoms with Gasteiger partial charge in [-0.3, -0.25) is 0 Å². The summed E-state index contributed by atoms with van der Waals surface area (Å²) in [6, 6.07) is 15.4. The highest BCUT2D eigenvalue weighted by molar-refractivity contribution is 6.69. The molecule has 0 aromatic heterocycles. The van der Waals surface area contributed by atoms with Crippen molar-refractivity contribution in [1.29, 1.82) is 0 Å². The molecule has 5 aliphatic carbocycles. The van der Waals surface area contributed by atoms with E-state index in [0.29, 0.717) is 11.8 Å². The number of fused-ring (bicyclic) bond motifs is 3. The summed E-state index contributed by atoms with van der Waals surface area (Å²) in [4.78, 5) is 0. The largest absolute Gasteiger partial charge is 0.0725 e. The Hall–Kier alpha value is -5.72. The first-order valence-corrected chi connectivity index (χ1v) is 18.0. The molecule has 0 unspecified atom stereocenters. The zero-order chi connectivity index (χ0) is 29.0. The van der Waals surface area contributed by atoms with Gasteiger partial charge in [-0.05, 0) is 220 Å². The predicted molar refractivity (Wildman–Crippen MR) is 203 cm³/mol. The lowest BCUT2D eigenvalue weighted by Gasteiger charge is -2.33. The van der Waals surface area contributed by atoms with Crippen LogP contribution in [0.25, 0.3) is 162 Å². The van der Waals surface area contributed by atoms with Crippen molar-refractivity contribution in [1.82, 2.24) is 0 Å². The fraction of sp³-hybridized carbons (Fsp3) is 0.0833. The summed E-state index contributed by atoms with van der Waals surface area (Å²) in [6.45, 7) is 0. The van der Waals surface area contributed by atoms with E-state index in [1.165, 1.54) is 32.3 Å². The second-order valence-electron chi connectivity index (χ2n) is 17.1. The molecule has 0 atom stereocenters. The molecule has 0 saturated carbocycles. The number of rotatable bonds is 0. The van der Waals surface area contributed by atoms with Crippen LogP contribution in [0.2, 0.25) is 0 Å². The van der Waals surface area contributed by atoms with E-state index in [1.54, 1.807) is 163 Å². The monoisotopic (exact) mass is 590 g/mol. The van der Waals surface area contributed by atoms with Crippen LogP contribution in [0.3, 0.4) is 0 Å². The summed E-state index contributed by atoms with van der Waals surface area (Å²) in [5.41, 5.74) is 13.2. The molecule has 0 heteroatoms. The maximum absolute atomic E-state index is 2.74. The van der Waals surface area contributed by atoms with E-state index in [4.69, 9.17) is 0 Å². The van der Waals surface area contributed by atoms with Gasteiger partial charge in [0.05, 0.1) is 0 Å². The minimum Gasteiger partial charge on any atom is -0.0725 e. The Morgan fingerprint density at radius 2 is 0.667 bits per heavy atom. The molecule has 20 rings (SSSR count). The van der Waals surface area contributed by atoms with E-state index in [1.807, 2.05) is 0 Å². The zero-order valence-corrected chi connectivity index (χ0v) is 25.2.